The third kappa shape index (κ3) is 5.79. The van der Waals surface area contributed by atoms with Crippen LogP contribution in [0.2, 0.25) is 0 Å². The molecule has 0 aromatic heterocycles. The largest absolute Gasteiger partial charge is 0.444 e. The third-order valence-corrected chi connectivity index (χ3v) is 2.31. The SMILES string of the molecule is C=C.C[C@@H]1CCCN(C(=O)OC(C)(C)C)C1. The second kappa shape index (κ2) is 6.56. The number of rotatable bonds is 0. The fraction of sp³-hybridized carbons (Fsp3) is 0.769. The minimum absolute atomic E-state index is 0.163. The highest BCUT2D eigenvalue weighted by atomic mass is 16.6. The van der Waals surface area contributed by atoms with E-state index in [-0.39, 0.29) is 11.7 Å². The standard InChI is InChI=1S/C11H21NO2.C2H4/c1-9-6-5-7-12(8-9)10(13)14-11(2,3)4;1-2/h9H,5-8H2,1-4H3;1-2H2/t9-;/m1./s1. The Morgan fingerprint density at radius 3 is 2.38 bits per heavy atom. The summed E-state index contributed by atoms with van der Waals surface area (Å²) in [5, 5.41) is 0. The van der Waals surface area contributed by atoms with Crippen LogP contribution in [0, 0.1) is 5.92 Å². The maximum absolute atomic E-state index is 11.7. The van der Waals surface area contributed by atoms with E-state index >= 15 is 0 Å². The number of nitrogens with zero attached hydrogens (tertiary/aromatic N) is 1. The molecule has 94 valence electrons. The van der Waals surface area contributed by atoms with E-state index < -0.39 is 0 Å². The van der Waals surface area contributed by atoms with E-state index in [9.17, 15) is 4.79 Å². The van der Waals surface area contributed by atoms with Crippen LogP contribution < -0.4 is 0 Å². The van der Waals surface area contributed by atoms with Crippen LogP contribution in [0.3, 0.4) is 0 Å². The Balaban J connectivity index is 0.00000106. The molecule has 16 heavy (non-hydrogen) atoms. The fourth-order valence-electron chi connectivity index (χ4n) is 1.68. The van der Waals surface area contributed by atoms with Gasteiger partial charge < -0.3 is 9.64 Å². The summed E-state index contributed by atoms with van der Waals surface area (Å²) in [5.74, 6) is 0.608. The first kappa shape index (κ1) is 15.0. The molecule has 0 radical (unpaired) electrons. The molecule has 1 atom stereocenters. The van der Waals surface area contributed by atoms with E-state index in [4.69, 9.17) is 4.74 Å². The van der Waals surface area contributed by atoms with E-state index in [2.05, 4.69) is 20.1 Å². The number of amides is 1. The van der Waals surface area contributed by atoms with Crippen LogP contribution in [0.15, 0.2) is 13.2 Å². The highest BCUT2D eigenvalue weighted by Gasteiger charge is 2.25. The lowest BCUT2D eigenvalue weighted by atomic mass is 10.0. The summed E-state index contributed by atoms with van der Waals surface area (Å²) in [7, 11) is 0. The molecule has 1 rings (SSSR count). The van der Waals surface area contributed by atoms with Crippen molar-refractivity contribution in [3.63, 3.8) is 0 Å². The van der Waals surface area contributed by atoms with Crippen molar-refractivity contribution in [2.24, 2.45) is 5.92 Å². The van der Waals surface area contributed by atoms with E-state index in [1.165, 1.54) is 6.42 Å². The quantitative estimate of drug-likeness (QED) is 0.593. The van der Waals surface area contributed by atoms with Crippen molar-refractivity contribution in [1.82, 2.24) is 4.90 Å². The summed E-state index contributed by atoms with van der Waals surface area (Å²) < 4.78 is 5.31. The molecule has 3 heteroatoms. The first-order valence-corrected chi connectivity index (χ1v) is 5.86. The predicted octanol–water partition coefficient (Wildman–Crippen LogP) is 3.46. The number of carbonyl (C=O) groups is 1. The second-order valence-corrected chi connectivity index (χ2v) is 5.17. The summed E-state index contributed by atoms with van der Waals surface area (Å²) in [4.78, 5) is 13.5. The van der Waals surface area contributed by atoms with Gasteiger partial charge in [-0.2, -0.15) is 0 Å². The molecule has 0 unspecified atom stereocenters. The van der Waals surface area contributed by atoms with Crippen LogP contribution in [0.25, 0.3) is 0 Å². The Morgan fingerprint density at radius 2 is 1.94 bits per heavy atom. The Bertz CT molecular complexity index is 220. The fourth-order valence-corrected chi connectivity index (χ4v) is 1.68. The van der Waals surface area contributed by atoms with Crippen LogP contribution in [0.4, 0.5) is 4.79 Å². The highest BCUT2D eigenvalue weighted by molar-refractivity contribution is 5.68. The average molecular weight is 227 g/mol. The van der Waals surface area contributed by atoms with E-state index in [1.807, 2.05) is 25.7 Å². The summed E-state index contributed by atoms with van der Waals surface area (Å²) >= 11 is 0. The molecule has 0 aromatic rings. The van der Waals surface area contributed by atoms with Gasteiger partial charge >= 0.3 is 6.09 Å². The molecule has 1 aliphatic heterocycles. The number of ether oxygens (including phenoxy) is 1. The lowest BCUT2D eigenvalue weighted by Gasteiger charge is -2.32. The Morgan fingerprint density at radius 1 is 1.38 bits per heavy atom. The summed E-state index contributed by atoms with van der Waals surface area (Å²) in [6.45, 7) is 15.6. The van der Waals surface area contributed by atoms with Gasteiger partial charge in [-0.25, -0.2) is 4.79 Å². The molecule has 0 aromatic carbocycles. The van der Waals surface area contributed by atoms with Gasteiger partial charge in [0, 0.05) is 13.1 Å². The monoisotopic (exact) mass is 227 g/mol. The summed E-state index contributed by atoms with van der Waals surface area (Å²) in [6, 6.07) is 0. The Labute approximate surface area is 99.5 Å². The van der Waals surface area contributed by atoms with Gasteiger partial charge in [0.05, 0.1) is 0 Å². The maximum Gasteiger partial charge on any atom is 0.410 e. The van der Waals surface area contributed by atoms with Crippen molar-refractivity contribution in [3.8, 4) is 0 Å². The van der Waals surface area contributed by atoms with Crippen molar-refractivity contribution in [3.05, 3.63) is 13.2 Å². The molecule has 1 aliphatic rings. The van der Waals surface area contributed by atoms with Crippen LogP contribution in [-0.2, 0) is 4.74 Å². The molecule has 0 spiro atoms. The zero-order valence-electron chi connectivity index (χ0n) is 11.1. The molecule has 0 bridgehead atoms. The molecule has 0 aliphatic carbocycles. The molecule has 0 saturated carbocycles. The first-order chi connectivity index (χ1) is 7.38. The van der Waals surface area contributed by atoms with Gasteiger partial charge in [-0.05, 0) is 39.5 Å². The van der Waals surface area contributed by atoms with Gasteiger partial charge in [-0.15, -0.1) is 13.2 Å². The van der Waals surface area contributed by atoms with Crippen LogP contribution in [0.1, 0.15) is 40.5 Å². The second-order valence-electron chi connectivity index (χ2n) is 5.17. The first-order valence-electron chi connectivity index (χ1n) is 5.86. The van der Waals surface area contributed by atoms with Gasteiger partial charge in [0.15, 0.2) is 0 Å². The number of piperidine rings is 1. The highest BCUT2D eigenvalue weighted by Crippen LogP contribution is 2.18. The van der Waals surface area contributed by atoms with E-state index in [1.54, 1.807) is 0 Å². The minimum Gasteiger partial charge on any atom is -0.444 e. The average Bonchev–Trinajstić information content (AvgIpc) is 2.18. The molecular weight excluding hydrogens is 202 g/mol. The van der Waals surface area contributed by atoms with Gasteiger partial charge in [0.1, 0.15) is 5.60 Å². The van der Waals surface area contributed by atoms with Gasteiger partial charge in [-0.3, -0.25) is 0 Å². The van der Waals surface area contributed by atoms with Crippen molar-refractivity contribution in [2.45, 2.75) is 46.1 Å². The molecule has 1 fully saturated rings. The molecule has 1 heterocycles. The Hall–Kier alpha value is -0.990. The summed E-state index contributed by atoms with van der Waals surface area (Å²) in [5.41, 5.74) is -0.377. The van der Waals surface area contributed by atoms with Crippen LogP contribution in [0.5, 0.6) is 0 Å². The minimum atomic E-state index is -0.377. The zero-order valence-corrected chi connectivity index (χ0v) is 11.1. The van der Waals surface area contributed by atoms with Crippen LogP contribution in [-0.4, -0.2) is 29.7 Å². The van der Waals surface area contributed by atoms with Gasteiger partial charge in [-0.1, -0.05) is 6.92 Å². The van der Waals surface area contributed by atoms with Crippen molar-refractivity contribution in [1.29, 1.82) is 0 Å². The predicted molar refractivity (Wildman–Crippen MR) is 67.5 cm³/mol. The molecule has 1 amide bonds. The summed E-state index contributed by atoms with van der Waals surface area (Å²) in [6.07, 6.45) is 2.16. The van der Waals surface area contributed by atoms with Gasteiger partial charge in [0.25, 0.3) is 0 Å². The Kier molecular flexibility index (Phi) is 6.16. The number of likely N-dealkylation sites (tertiary alicyclic amines) is 1. The smallest absolute Gasteiger partial charge is 0.410 e. The van der Waals surface area contributed by atoms with Crippen molar-refractivity contribution < 1.29 is 9.53 Å². The van der Waals surface area contributed by atoms with E-state index in [0.29, 0.717) is 5.92 Å². The third-order valence-electron chi connectivity index (χ3n) is 2.31. The maximum atomic E-state index is 11.7. The molecular formula is C13H25NO2. The number of hydrogen-bond acceptors (Lipinski definition) is 2. The van der Waals surface area contributed by atoms with Crippen molar-refractivity contribution in [2.75, 3.05) is 13.1 Å². The molecule has 3 nitrogen and oxygen atoms in total. The van der Waals surface area contributed by atoms with E-state index in [0.717, 1.165) is 19.5 Å². The lowest BCUT2D eigenvalue weighted by Crippen LogP contribution is -2.42. The van der Waals surface area contributed by atoms with Crippen molar-refractivity contribution >= 4 is 6.09 Å². The van der Waals surface area contributed by atoms with Crippen LogP contribution >= 0.6 is 0 Å². The molecule has 0 N–H and O–H groups in total. The lowest BCUT2D eigenvalue weighted by molar-refractivity contribution is 0.0174. The molecule has 1 saturated heterocycles. The topological polar surface area (TPSA) is 29.5 Å². The zero-order chi connectivity index (χ0) is 12.8. The normalized spacial score (nSPS) is 20.8. The number of carbonyl (C=O) groups excluding carboxylic acids is 1. The number of hydrogen-bond donors (Lipinski definition) is 0. The van der Waals surface area contributed by atoms with Gasteiger partial charge in [0.2, 0.25) is 0 Å².